The summed E-state index contributed by atoms with van der Waals surface area (Å²) in [5.74, 6) is -0.167. The topological polar surface area (TPSA) is 52.1 Å². The number of carbonyl (C=O) groups is 1. The highest BCUT2D eigenvalue weighted by Gasteiger charge is 2.55. The molecule has 0 bridgehead atoms. The predicted molar refractivity (Wildman–Crippen MR) is 60.3 cm³/mol. The Hall–Kier alpha value is -1.49. The van der Waals surface area contributed by atoms with Crippen LogP contribution < -0.4 is 0 Å². The fraction of sp³-hybridized carbons (Fsp3) is 0.364. The molecule has 1 aliphatic carbocycles. The molecule has 1 fully saturated rings. The lowest BCUT2D eigenvalue weighted by atomic mass is 10.1. The van der Waals surface area contributed by atoms with E-state index in [-0.39, 0.29) is 5.97 Å². The lowest BCUT2D eigenvalue weighted by molar-refractivity contribution is -0.143. The van der Waals surface area contributed by atoms with Crippen molar-refractivity contribution in [2.45, 2.75) is 18.3 Å². The van der Waals surface area contributed by atoms with Gasteiger partial charge < -0.3 is 4.74 Å². The number of nitrogens with zero attached hydrogens (tertiary/aromatic N) is 2. The quantitative estimate of drug-likeness (QED) is 0.745. The number of aromatic nitrogens is 2. The zero-order valence-electron chi connectivity index (χ0n) is 8.77. The lowest BCUT2D eigenvalue weighted by Gasteiger charge is -2.07. The lowest BCUT2D eigenvalue weighted by Crippen LogP contribution is -2.21. The summed E-state index contributed by atoms with van der Waals surface area (Å²) in [7, 11) is 1.43. The molecule has 82 valence electrons. The number of hydrogen-bond donors (Lipinski definition) is 0. The first-order valence-electron chi connectivity index (χ1n) is 5.06. The maximum absolute atomic E-state index is 11.7. The van der Waals surface area contributed by atoms with Gasteiger partial charge in [-0.25, -0.2) is 4.98 Å². The van der Waals surface area contributed by atoms with Crippen molar-refractivity contribution in [2.75, 3.05) is 7.11 Å². The van der Waals surface area contributed by atoms with Crippen molar-refractivity contribution in [1.29, 1.82) is 0 Å². The monoisotopic (exact) mass is 234 g/mol. The van der Waals surface area contributed by atoms with Crippen molar-refractivity contribution < 1.29 is 9.53 Å². The van der Waals surface area contributed by atoms with Gasteiger partial charge in [-0.05, 0) is 18.9 Å². The Morgan fingerprint density at radius 3 is 3.00 bits per heavy atom. The smallest absolute Gasteiger partial charge is 0.318 e. The first-order chi connectivity index (χ1) is 7.76. The van der Waals surface area contributed by atoms with E-state index in [0.29, 0.717) is 0 Å². The summed E-state index contributed by atoms with van der Waals surface area (Å²) in [6, 6.07) is 1.92. The van der Waals surface area contributed by atoms with E-state index in [1.165, 1.54) is 7.11 Å². The fourth-order valence-electron chi connectivity index (χ4n) is 1.81. The predicted octanol–water partition coefficient (Wildman–Crippen LogP) is 1.90. The summed E-state index contributed by atoms with van der Waals surface area (Å²) in [5.41, 5.74) is 0.399. The molecular weight excluding hydrogens is 224 g/mol. The molecule has 4 nitrogen and oxygen atoms in total. The second kappa shape index (κ2) is 3.25. The summed E-state index contributed by atoms with van der Waals surface area (Å²) in [6.45, 7) is 0. The number of esters is 1. The zero-order valence-corrected chi connectivity index (χ0v) is 9.58. The van der Waals surface area contributed by atoms with Crippen LogP contribution in [-0.2, 0) is 14.9 Å². The molecule has 0 unspecified atom stereocenters. The van der Waals surface area contributed by atoms with Crippen LogP contribution >= 0.6 is 11.3 Å². The van der Waals surface area contributed by atoms with Gasteiger partial charge in [0.2, 0.25) is 0 Å². The molecule has 0 amide bonds. The van der Waals surface area contributed by atoms with Crippen LogP contribution in [0.1, 0.15) is 17.8 Å². The van der Waals surface area contributed by atoms with Crippen molar-refractivity contribution in [3.63, 3.8) is 0 Å². The first-order valence-corrected chi connectivity index (χ1v) is 5.87. The van der Waals surface area contributed by atoms with E-state index in [1.54, 1.807) is 23.7 Å². The van der Waals surface area contributed by atoms with Gasteiger partial charge in [0.15, 0.2) is 0 Å². The highest BCUT2D eigenvalue weighted by atomic mass is 32.1. The van der Waals surface area contributed by atoms with Gasteiger partial charge in [-0.3, -0.25) is 9.78 Å². The van der Waals surface area contributed by atoms with Crippen molar-refractivity contribution in [2.24, 2.45) is 0 Å². The molecule has 0 N–H and O–H groups in total. The van der Waals surface area contributed by atoms with E-state index in [1.807, 2.05) is 6.07 Å². The molecule has 3 rings (SSSR count). The Kier molecular flexibility index (Phi) is 1.97. The van der Waals surface area contributed by atoms with Crippen LogP contribution in [0, 0.1) is 0 Å². The number of fused-ring (bicyclic) bond motifs is 1. The Bertz CT molecular complexity index is 527. The number of carbonyl (C=O) groups excluding carboxylic acids is 1. The van der Waals surface area contributed by atoms with Gasteiger partial charge in [0.05, 0.1) is 23.5 Å². The highest BCUT2D eigenvalue weighted by Crippen LogP contribution is 2.51. The second-order valence-electron chi connectivity index (χ2n) is 3.94. The molecule has 2 aromatic heterocycles. The Morgan fingerprint density at radius 1 is 1.56 bits per heavy atom. The van der Waals surface area contributed by atoms with Gasteiger partial charge in [0, 0.05) is 6.20 Å². The maximum atomic E-state index is 11.7. The molecule has 0 radical (unpaired) electrons. The second-order valence-corrected chi connectivity index (χ2v) is 4.97. The fourth-order valence-corrected chi connectivity index (χ4v) is 2.98. The molecule has 0 atom stereocenters. The molecule has 5 heteroatoms. The largest absolute Gasteiger partial charge is 0.468 e. The van der Waals surface area contributed by atoms with Crippen LogP contribution in [0.5, 0.6) is 0 Å². The molecule has 16 heavy (non-hydrogen) atoms. The normalized spacial score (nSPS) is 17.3. The van der Waals surface area contributed by atoms with Crippen molar-refractivity contribution in [1.82, 2.24) is 9.97 Å². The van der Waals surface area contributed by atoms with Crippen LogP contribution in [0.2, 0.25) is 0 Å². The maximum Gasteiger partial charge on any atom is 0.318 e. The summed E-state index contributed by atoms with van der Waals surface area (Å²) in [6.07, 6.45) is 5.14. The number of hydrogen-bond acceptors (Lipinski definition) is 5. The van der Waals surface area contributed by atoms with Crippen molar-refractivity contribution in [3.05, 3.63) is 23.5 Å². The van der Waals surface area contributed by atoms with E-state index in [4.69, 9.17) is 4.74 Å². The minimum absolute atomic E-state index is 0.167. The Morgan fingerprint density at radius 2 is 2.38 bits per heavy atom. The van der Waals surface area contributed by atoms with E-state index in [2.05, 4.69) is 9.97 Å². The minimum atomic E-state index is -0.460. The molecule has 2 heterocycles. The third-order valence-electron chi connectivity index (χ3n) is 2.93. The van der Waals surface area contributed by atoms with E-state index >= 15 is 0 Å². The number of pyridine rings is 1. The van der Waals surface area contributed by atoms with Gasteiger partial charge >= 0.3 is 5.97 Å². The standard InChI is InChI=1S/C11H10N2O2S/c1-15-10(14)11(3-4-11)9-13-7-6-12-5-2-8(7)16-9/h2,5-6H,3-4H2,1H3. The van der Waals surface area contributed by atoms with Crippen LogP contribution in [0.3, 0.4) is 0 Å². The molecule has 0 aromatic carbocycles. The van der Waals surface area contributed by atoms with Gasteiger partial charge in [0.1, 0.15) is 10.4 Å². The molecule has 0 saturated heterocycles. The number of methoxy groups -OCH3 is 1. The van der Waals surface area contributed by atoms with Gasteiger partial charge in [-0.2, -0.15) is 0 Å². The molecular formula is C11H10N2O2S. The van der Waals surface area contributed by atoms with Crippen LogP contribution in [0.25, 0.3) is 10.2 Å². The average Bonchev–Trinajstić information content (AvgIpc) is 3.01. The van der Waals surface area contributed by atoms with E-state index in [0.717, 1.165) is 28.1 Å². The van der Waals surface area contributed by atoms with Crippen molar-refractivity contribution >= 4 is 27.5 Å². The van der Waals surface area contributed by atoms with Crippen molar-refractivity contribution in [3.8, 4) is 0 Å². The molecule has 0 spiro atoms. The molecule has 2 aromatic rings. The number of rotatable bonds is 2. The van der Waals surface area contributed by atoms with Crippen LogP contribution in [0.15, 0.2) is 18.5 Å². The average molecular weight is 234 g/mol. The highest BCUT2D eigenvalue weighted by molar-refractivity contribution is 7.18. The zero-order chi connectivity index (χ0) is 11.2. The molecule has 1 saturated carbocycles. The van der Waals surface area contributed by atoms with Gasteiger partial charge in [-0.1, -0.05) is 0 Å². The van der Waals surface area contributed by atoms with Gasteiger partial charge in [0.25, 0.3) is 0 Å². The van der Waals surface area contributed by atoms with Gasteiger partial charge in [-0.15, -0.1) is 11.3 Å². The third kappa shape index (κ3) is 1.24. The molecule has 1 aliphatic rings. The molecule has 0 aliphatic heterocycles. The summed E-state index contributed by atoms with van der Waals surface area (Å²) in [4.78, 5) is 20.2. The Balaban J connectivity index is 2.10. The van der Waals surface area contributed by atoms with Crippen LogP contribution in [0.4, 0.5) is 0 Å². The number of ether oxygens (including phenoxy) is 1. The first kappa shape index (κ1) is 9.72. The van der Waals surface area contributed by atoms with E-state index < -0.39 is 5.41 Å². The summed E-state index contributed by atoms with van der Waals surface area (Å²) < 4.78 is 5.91. The summed E-state index contributed by atoms with van der Waals surface area (Å²) in [5, 5.41) is 0.863. The Labute approximate surface area is 96.3 Å². The SMILES string of the molecule is COC(=O)C1(c2nc3cnccc3s2)CC1. The number of thiazole rings is 1. The summed E-state index contributed by atoms with van der Waals surface area (Å²) >= 11 is 1.56. The third-order valence-corrected chi connectivity index (χ3v) is 4.17. The minimum Gasteiger partial charge on any atom is -0.468 e. The van der Waals surface area contributed by atoms with E-state index in [9.17, 15) is 4.79 Å². The van der Waals surface area contributed by atoms with Crippen LogP contribution in [-0.4, -0.2) is 23.0 Å².